The van der Waals surface area contributed by atoms with Gasteiger partial charge in [0.05, 0.1) is 6.61 Å². The van der Waals surface area contributed by atoms with Crippen LogP contribution in [0.4, 0.5) is 9.18 Å². The van der Waals surface area contributed by atoms with Gasteiger partial charge in [0.15, 0.2) is 0 Å². The fourth-order valence-corrected chi connectivity index (χ4v) is 3.35. The van der Waals surface area contributed by atoms with E-state index < -0.39 is 32.9 Å². The number of carbonyl (C=O) groups excluding carboxylic acids is 1. The van der Waals surface area contributed by atoms with Crippen molar-refractivity contribution in [1.82, 2.24) is 10.0 Å². The summed E-state index contributed by atoms with van der Waals surface area (Å²) in [7, 11) is -4.00. The van der Waals surface area contributed by atoms with E-state index in [4.69, 9.17) is 4.74 Å². The maximum absolute atomic E-state index is 13.9. The van der Waals surface area contributed by atoms with Crippen molar-refractivity contribution in [1.29, 1.82) is 0 Å². The maximum atomic E-state index is 13.9. The van der Waals surface area contributed by atoms with Crippen LogP contribution in [-0.4, -0.2) is 33.7 Å². The standard InChI is InChI=1S/C16H25FN2O4S/c1-5-23-16(20)19-13(8-11(2)3)10-18-24(21,22)15-7-6-12(4)9-14(15)17/h6-7,9,11,13,18H,5,8,10H2,1-4H3,(H,19,20). The molecule has 24 heavy (non-hydrogen) atoms. The molecule has 6 nitrogen and oxygen atoms in total. The third-order valence-electron chi connectivity index (χ3n) is 3.25. The first-order chi connectivity index (χ1) is 11.2. The van der Waals surface area contributed by atoms with Crippen LogP contribution >= 0.6 is 0 Å². The number of benzene rings is 1. The van der Waals surface area contributed by atoms with E-state index in [-0.39, 0.29) is 19.1 Å². The molecule has 0 bridgehead atoms. The van der Waals surface area contributed by atoms with Crippen LogP contribution in [0.25, 0.3) is 0 Å². The molecular formula is C16H25FN2O4S. The van der Waals surface area contributed by atoms with Crippen molar-refractivity contribution in [3.05, 3.63) is 29.6 Å². The lowest BCUT2D eigenvalue weighted by Crippen LogP contribution is -2.44. The van der Waals surface area contributed by atoms with E-state index in [0.717, 1.165) is 6.07 Å². The molecule has 1 rings (SSSR count). The smallest absolute Gasteiger partial charge is 0.407 e. The van der Waals surface area contributed by atoms with Crippen LogP contribution in [0.15, 0.2) is 23.1 Å². The molecule has 1 aromatic rings. The Balaban J connectivity index is 2.81. The summed E-state index contributed by atoms with van der Waals surface area (Å²) in [6.07, 6.45) is -0.0542. The minimum atomic E-state index is -4.00. The second-order valence-corrected chi connectivity index (χ2v) is 7.71. The van der Waals surface area contributed by atoms with Gasteiger partial charge in [0.25, 0.3) is 0 Å². The average Bonchev–Trinajstić information content (AvgIpc) is 2.44. The second kappa shape index (κ2) is 8.98. The Labute approximate surface area is 142 Å². The van der Waals surface area contributed by atoms with Crippen LogP contribution in [0.1, 0.15) is 32.8 Å². The first kappa shape index (κ1) is 20.4. The van der Waals surface area contributed by atoms with E-state index in [1.54, 1.807) is 13.8 Å². The molecule has 0 radical (unpaired) electrons. The van der Waals surface area contributed by atoms with Gasteiger partial charge in [0.1, 0.15) is 10.7 Å². The molecule has 8 heteroatoms. The number of sulfonamides is 1. The van der Waals surface area contributed by atoms with E-state index in [2.05, 4.69) is 10.0 Å². The van der Waals surface area contributed by atoms with Crippen LogP contribution in [0.3, 0.4) is 0 Å². The second-order valence-electron chi connectivity index (χ2n) is 5.98. The third kappa shape index (κ3) is 6.45. The van der Waals surface area contributed by atoms with Crippen molar-refractivity contribution in [2.75, 3.05) is 13.2 Å². The number of nitrogens with one attached hydrogen (secondary N) is 2. The number of rotatable bonds is 8. The largest absolute Gasteiger partial charge is 0.450 e. The molecule has 0 aliphatic rings. The molecule has 2 N–H and O–H groups in total. The highest BCUT2D eigenvalue weighted by Crippen LogP contribution is 2.16. The zero-order valence-corrected chi connectivity index (χ0v) is 15.2. The molecule has 0 saturated carbocycles. The minimum Gasteiger partial charge on any atom is -0.450 e. The predicted octanol–water partition coefficient (Wildman–Crippen LogP) is 2.57. The van der Waals surface area contributed by atoms with Crippen molar-refractivity contribution in [3.63, 3.8) is 0 Å². The number of amides is 1. The Morgan fingerprint density at radius 1 is 1.33 bits per heavy atom. The zero-order valence-electron chi connectivity index (χ0n) is 14.4. The molecule has 1 amide bonds. The highest BCUT2D eigenvalue weighted by Gasteiger charge is 2.22. The highest BCUT2D eigenvalue weighted by atomic mass is 32.2. The van der Waals surface area contributed by atoms with Crippen LogP contribution < -0.4 is 10.0 Å². The average molecular weight is 360 g/mol. The van der Waals surface area contributed by atoms with Crippen molar-refractivity contribution in [2.45, 2.75) is 45.1 Å². The van der Waals surface area contributed by atoms with Crippen molar-refractivity contribution in [3.8, 4) is 0 Å². The topological polar surface area (TPSA) is 84.5 Å². The summed E-state index contributed by atoms with van der Waals surface area (Å²) in [6, 6.07) is 3.47. The van der Waals surface area contributed by atoms with Gasteiger partial charge in [-0.15, -0.1) is 0 Å². The summed E-state index contributed by atoms with van der Waals surface area (Å²) in [5.74, 6) is -0.571. The normalized spacial score (nSPS) is 12.9. The molecule has 0 fully saturated rings. The molecule has 1 atom stereocenters. The number of ether oxygens (including phenoxy) is 1. The van der Waals surface area contributed by atoms with Gasteiger partial charge in [-0.25, -0.2) is 22.3 Å². The van der Waals surface area contributed by atoms with E-state index >= 15 is 0 Å². The molecule has 0 aliphatic heterocycles. The highest BCUT2D eigenvalue weighted by molar-refractivity contribution is 7.89. The monoisotopic (exact) mass is 360 g/mol. The fourth-order valence-electron chi connectivity index (χ4n) is 2.21. The van der Waals surface area contributed by atoms with Gasteiger partial charge in [-0.3, -0.25) is 0 Å². The number of carbonyl (C=O) groups is 1. The Kier molecular flexibility index (Phi) is 7.62. The van der Waals surface area contributed by atoms with Crippen LogP contribution in [0.5, 0.6) is 0 Å². The Morgan fingerprint density at radius 2 is 2.00 bits per heavy atom. The minimum absolute atomic E-state index is 0.0490. The first-order valence-electron chi connectivity index (χ1n) is 7.84. The van der Waals surface area contributed by atoms with Crippen molar-refractivity contribution in [2.24, 2.45) is 5.92 Å². The summed E-state index contributed by atoms with van der Waals surface area (Å²) in [4.78, 5) is 11.1. The lowest BCUT2D eigenvalue weighted by molar-refractivity contribution is 0.146. The molecule has 0 aromatic heterocycles. The van der Waals surface area contributed by atoms with Gasteiger partial charge in [0.2, 0.25) is 10.0 Å². The molecule has 0 heterocycles. The van der Waals surface area contributed by atoms with Gasteiger partial charge >= 0.3 is 6.09 Å². The summed E-state index contributed by atoms with van der Waals surface area (Å²) in [6.45, 7) is 7.43. The van der Waals surface area contributed by atoms with Gasteiger partial charge in [-0.05, 0) is 43.9 Å². The van der Waals surface area contributed by atoms with Gasteiger partial charge in [-0.2, -0.15) is 0 Å². The molecular weight excluding hydrogens is 335 g/mol. The number of halogens is 1. The van der Waals surface area contributed by atoms with Crippen LogP contribution in [0, 0.1) is 18.7 Å². The van der Waals surface area contributed by atoms with Crippen molar-refractivity contribution < 1.29 is 22.3 Å². The van der Waals surface area contributed by atoms with Gasteiger partial charge < -0.3 is 10.1 Å². The van der Waals surface area contributed by atoms with E-state index in [0.29, 0.717) is 12.0 Å². The summed E-state index contributed by atoms with van der Waals surface area (Å²) in [5.41, 5.74) is 0.633. The quantitative estimate of drug-likeness (QED) is 0.746. The summed E-state index contributed by atoms with van der Waals surface area (Å²) >= 11 is 0. The zero-order chi connectivity index (χ0) is 18.3. The van der Waals surface area contributed by atoms with E-state index in [1.807, 2.05) is 13.8 Å². The molecule has 0 spiro atoms. The molecule has 0 saturated heterocycles. The summed E-state index contributed by atoms with van der Waals surface area (Å²) < 4.78 is 45.6. The van der Waals surface area contributed by atoms with Crippen molar-refractivity contribution >= 4 is 16.1 Å². The Hall–Kier alpha value is -1.67. The number of hydrogen-bond donors (Lipinski definition) is 2. The van der Waals surface area contributed by atoms with Crippen LogP contribution in [0.2, 0.25) is 0 Å². The number of hydrogen-bond acceptors (Lipinski definition) is 4. The Morgan fingerprint density at radius 3 is 2.54 bits per heavy atom. The fraction of sp³-hybridized carbons (Fsp3) is 0.562. The van der Waals surface area contributed by atoms with Crippen LogP contribution in [-0.2, 0) is 14.8 Å². The lowest BCUT2D eigenvalue weighted by Gasteiger charge is -2.21. The van der Waals surface area contributed by atoms with E-state index in [1.165, 1.54) is 12.1 Å². The third-order valence-corrected chi connectivity index (χ3v) is 4.71. The summed E-state index contributed by atoms with van der Waals surface area (Å²) in [5, 5.41) is 2.62. The molecule has 1 unspecified atom stereocenters. The maximum Gasteiger partial charge on any atom is 0.407 e. The lowest BCUT2D eigenvalue weighted by atomic mass is 10.0. The SMILES string of the molecule is CCOC(=O)NC(CNS(=O)(=O)c1ccc(C)cc1F)CC(C)C. The first-order valence-corrected chi connectivity index (χ1v) is 9.33. The predicted molar refractivity (Wildman–Crippen MR) is 89.7 cm³/mol. The molecule has 1 aromatic carbocycles. The Bertz CT molecular complexity index is 662. The van der Waals surface area contributed by atoms with Gasteiger partial charge in [-0.1, -0.05) is 19.9 Å². The molecule has 0 aliphatic carbocycles. The number of alkyl carbamates (subject to hydrolysis) is 1. The molecule has 136 valence electrons. The van der Waals surface area contributed by atoms with Gasteiger partial charge in [0, 0.05) is 12.6 Å². The van der Waals surface area contributed by atoms with E-state index in [9.17, 15) is 17.6 Å². The number of aryl methyl sites for hydroxylation is 1.